The zero-order valence-electron chi connectivity index (χ0n) is 10.3. The first kappa shape index (κ1) is 13.5. The number of hydrogen-bond donors (Lipinski definition) is 1. The normalized spacial score (nSPS) is 13.5. The minimum absolute atomic E-state index is 0.166. The largest absolute Gasteiger partial charge is 0.468 e. The van der Waals surface area contributed by atoms with Crippen LogP contribution in [0.2, 0.25) is 0 Å². The topological polar surface area (TPSA) is 42.1 Å². The molecular weight excluding hydrogens is 259 g/mol. The number of methoxy groups -OCH3 is 1. The van der Waals surface area contributed by atoms with Gasteiger partial charge in [0.1, 0.15) is 0 Å². The van der Waals surface area contributed by atoms with E-state index in [1.807, 2.05) is 0 Å². The number of aryl methyl sites for hydroxylation is 1. The van der Waals surface area contributed by atoms with E-state index in [0.717, 1.165) is 7.11 Å². The molecule has 1 unspecified atom stereocenters. The summed E-state index contributed by atoms with van der Waals surface area (Å²) in [7, 11) is 0.944. The molecule has 2 aromatic rings. The summed E-state index contributed by atoms with van der Waals surface area (Å²) >= 11 is 0. The number of benzene rings is 1. The van der Waals surface area contributed by atoms with Crippen LogP contribution in [0.5, 0.6) is 0 Å². The minimum Gasteiger partial charge on any atom is -0.468 e. The molecular formula is C13H12F3NO2. The van der Waals surface area contributed by atoms with Crippen LogP contribution in [-0.2, 0) is 9.53 Å². The summed E-state index contributed by atoms with van der Waals surface area (Å²) in [6.07, 6.45) is -4.70. The predicted molar refractivity (Wildman–Crippen MR) is 63.8 cm³/mol. The summed E-state index contributed by atoms with van der Waals surface area (Å²) in [4.78, 5) is 14.1. The van der Waals surface area contributed by atoms with Crippen LogP contribution in [-0.4, -0.2) is 24.2 Å². The van der Waals surface area contributed by atoms with Gasteiger partial charge in [-0.1, -0.05) is 18.2 Å². The van der Waals surface area contributed by atoms with Gasteiger partial charge in [-0.25, -0.2) is 0 Å². The predicted octanol–water partition coefficient (Wildman–Crippen LogP) is 3.30. The van der Waals surface area contributed by atoms with Crippen molar-refractivity contribution < 1.29 is 22.7 Å². The molecule has 0 aliphatic heterocycles. The van der Waals surface area contributed by atoms with Crippen molar-refractivity contribution in [3.8, 4) is 0 Å². The third-order valence-corrected chi connectivity index (χ3v) is 3.06. The molecule has 0 saturated carbocycles. The summed E-state index contributed by atoms with van der Waals surface area (Å²) < 4.78 is 43.4. The Morgan fingerprint density at radius 3 is 2.47 bits per heavy atom. The second-order valence-corrected chi connectivity index (χ2v) is 4.21. The first-order valence-electron chi connectivity index (χ1n) is 5.58. The number of halogens is 3. The summed E-state index contributed by atoms with van der Waals surface area (Å²) in [5.74, 6) is -3.60. The second-order valence-electron chi connectivity index (χ2n) is 4.21. The van der Waals surface area contributed by atoms with Crippen molar-refractivity contribution in [2.75, 3.05) is 7.11 Å². The third kappa shape index (κ3) is 2.30. The fourth-order valence-corrected chi connectivity index (χ4v) is 2.12. The Balaban J connectivity index is 2.63. The highest BCUT2D eigenvalue weighted by Gasteiger charge is 2.48. The number of fused-ring (bicyclic) bond motifs is 1. The van der Waals surface area contributed by atoms with Gasteiger partial charge in [0.25, 0.3) is 0 Å². The Kier molecular flexibility index (Phi) is 3.26. The first-order chi connectivity index (χ1) is 8.86. The first-order valence-corrected chi connectivity index (χ1v) is 5.58. The highest BCUT2D eigenvalue weighted by Crippen LogP contribution is 2.38. The van der Waals surface area contributed by atoms with E-state index < -0.39 is 18.1 Å². The van der Waals surface area contributed by atoms with E-state index in [1.165, 1.54) is 0 Å². The van der Waals surface area contributed by atoms with Crippen molar-refractivity contribution in [2.45, 2.75) is 19.0 Å². The van der Waals surface area contributed by atoms with E-state index in [-0.39, 0.29) is 5.69 Å². The number of para-hydroxylation sites is 1. The van der Waals surface area contributed by atoms with Gasteiger partial charge in [0.15, 0.2) is 5.92 Å². The number of aromatic amines is 1. The fourth-order valence-electron chi connectivity index (χ4n) is 2.12. The van der Waals surface area contributed by atoms with Crippen LogP contribution in [0, 0.1) is 6.92 Å². The van der Waals surface area contributed by atoms with Crippen molar-refractivity contribution in [2.24, 2.45) is 0 Å². The molecule has 0 amide bonds. The third-order valence-electron chi connectivity index (χ3n) is 3.06. The molecule has 0 radical (unpaired) electrons. The Bertz CT molecular complexity index is 616. The highest BCUT2D eigenvalue weighted by atomic mass is 19.4. The van der Waals surface area contributed by atoms with Gasteiger partial charge in [-0.2, -0.15) is 13.2 Å². The Hall–Kier alpha value is -1.98. The highest BCUT2D eigenvalue weighted by molar-refractivity contribution is 5.88. The molecule has 3 nitrogen and oxygen atoms in total. The lowest BCUT2D eigenvalue weighted by Crippen LogP contribution is -2.30. The van der Waals surface area contributed by atoms with E-state index in [4.69, 9.17) is 0 Å². The van der Waals surface area contributed by atoms with E-state index in [0.29, 0.717) is 16.5 Å². The zero-order chi connectivity index (χ0) is 14.2. The number of rotatable bonds is 2. The molecule has 19 heavy (non-hydrogen) atoms. The molecule has 1 N–H and O–H groups in total. The molecule has 102 valence electrons. The van der Waals surface area contributed by atoms with Crippen molar-refractivity contribution in [3.05, 3.63) is 35.5 Å². The Morgan fingerprint density at radius 2 is 1.95 bits per heavy atom. The number of carbonyl (C=O) groups excluding carboxylic acids is 1. The monoisotopic (exact) mass is 271 g/mol. The van der Waals surface area contributed by atoms with Crippen LogP contribution in [0.15, 0.2) is 24.3 Å². The standard InChI is InChI=1S/C13H12F3NO2/c1-7-8-5-3-4-6-9(8)17-11(7)10(12(18)19-2)13(14,15)16/h3-6,10,17H,1-2H3. The van der Waals surface area contributed by atoms with Crippen molar-refractivity contribution >= 4 is 16.9 Å². The van der Waals surface area contributed by atoms with Gasteiger partial charge in [0.2, 0.25) is 0 Å². The molecule has 1 heterocycles. The van der Waals surface area contributed by atoms with Crippen molar-refractivity contribution in [1.29, 1.82) is 0 Å². The van der Waals surface area contributed by atoms with Gasteiger partial charge < -0.3 is 9.72 Å². The van der Waals surface area contributed by atoms with Gasteiger partial charge in [-0.05, 0) is 18.6 Å². The molecule has 0 fully saturated rings. The molecule has 0 aliphatic carbocycles. The van der Waals surface area contributed by atoms with Gasteiger partial charge in [0, 0.05) is 16.6 Å². The lowest BCUT2D eigenvalue weighted by molar-refractivity contribution is -0.179. The molecule has 1 aromatic carbocycles. The maximum Gasteiger partial charge on any atom is 0.407 e. The van der Waals surface area contributed by atoms with Gasteiger partial charge in [-0.15, -0.1) is 0 Å². The summed E-state index contributed by atoms with van der Waals surface area (Å²) in [6, 6.07) is 6.81. The SMILES string of the molecule is COC(=O)C(c1[nH]c2ccccc2c1C)C(F)(F)F. The molecule has 1 atom stereocenters. The Morgan fingerprint density at radius 1 is 1.32 bits per heavy atom. The molecule has 0 aliphatic rings. The number of esters is 1. The van der Waals surface area contributed by atoms with Gasteiger partial charge in [-0.3, -0.25) is 4.79 Å². The van der Waals surface area contributed by atoms with Crippen LogP contribution in [0.25, 0.3) is 10.9 Å². The number of H-pyrrole nitrogens is 1. The van der Waals surface area contributed by atoms with Crippen molar-refractivity contribution in [1.82, 2.24) is 4.98 Å². The number of hydrogen-bond acceptors (Lipinski definition) is 2. The Labute approximate surface area is 107 Å². The van der Waals surface area contributed by atoms with E-state index in [2.05, 4.69) is 9.72 Å². The summed E-state index contributed by atoms with van der Waals surface area (Å²) in [5, 5.41) is 0.663. The molecule has 6 heteroatoms. The van der Waals surface area contributed by atoms with Gasteiger partial charge >= 0.3 is 12.1 Å². The summed E-state index contributed by atoms with van der Waals surface area (Å²) in [5.41, 5.74) is 0.803. The average Bonchev–Trinajstić information content (AvgIpc) is 2.66. The van der Waals surface area contributed by atoms with Crippen molar-refractivity contribution in [3.63, 3.8) is 0 Å². The quantitative estimate of drug-likeness (QED) is 0.851. The molecule has 0 saturated heterocycles. The van der Waals surface area contributed by atoms with Crippen LogP contribution >= 0.6 is 0 Å². The van der Waals surface area contributed by atoms with Gasteiger partial charge in [0.05, 0.1) is 7.11 Å². The molecule has 2 rings (SSSR count). The number of ether oxygens (including phenoxy) is 1. The van der Waals surface area contributed by atoms with Crippen LogP contribution in [0.1, 0.15) is 17.2 Å². The lowest BCUT2D eigenvalue weighted by atomic mass is 10.0. The van der Waals surface area contributed by atoms with E-state index >= 15 is 0 Å². The smallest absolute Gasteiger partial charge is 0.407 e. The lowest BCUT2D eigenvalue weighted by Gasteiger charge is -2.17. The molecule has 0 spiro atoms. The minimum atomic E-state index is -4.70. The number of alkyl halides is 3. The van der Waals surface area contributed by atoms with Crippen LogP contribution in [0.3, 0.4) is 0 Å². The summed E-state index contributed by atoms with van der Waals surface area (Å²) in [6.45, 7) is 1.55. The molecule has 0 bridgehead atoms. The number of aromatic nitrogens is 1. The maximum absolute atomic E-state index is 13.0. The van der Waals surface area contributed by atoms with Crippen LogP contribution in [0.4, 0.5) is 13.2 Å². The van der Waals surface area contributed by atoms with Crippen LogP contribution < -0.4 is 0 Å². The average molecular weight is 271 g/mol. The van der Waals surface area contributed by atoms with E-state index in [9.17, 15) is 18.0 Å². The molecule has 1 aromatic heterocycles. The number of nitrogens with one attached hydrogen (secondary N) is 1. The van der Waals surface area contributed by atoms with E-state index in [1.54, 1.807) is 31.2 Å². The maximum atomic E-state index is 13.0. The zero-order valence-corrected chi connectivity index (χ0v) is 10.3. The fraction of sp³-hybridized carbons (Fsp3) is 0.308. The second kappa shape index (κ2) is 4.60. The number of carbonyl (C=O) groups is 1.